The van der Waals surface area contributed by atoms with Crippen molar-refractivity contribution in [3.63, 3.8) is 0 Å². The first kappa shape index (κ1) is 19.3. The predicted octanol–water partition coefficient (Wildman–Crippen LogP) is 3.89. The number of piperidine rings is 1. The average molecular weight is 394 g/mol. The molecule has 0 aliphatic carbocycles. The number of halogens is 1. The van der Waals surface area contributed by atoms with Gasteiger partial charge in [-0.1, -0.05) is 12.1 Å². The number of hydrogen-bond donors (Lipinski definition) is 2. The van der Waals surface area contributed by atoms with E-state index in [-0.39, 0.29) is 23.2 Å². The monoisotopic (exact) mass is 394 g/mol. The van der Waals surface area contributed by atoms with Crippen molar-refractivity contribution in [3.8, 4) is 5.75 Å². The number of aryl methyl sites for hydroxylation is 1. The summed E-state index contributed by atoms with van der Waals surface area (Å²) in [7, 11) is 0. The lowest BCUT2D eigenvalue weighted by Gasteiger charge is -2.23. The van der Waals surface area contributed by atoms with Crippen molar-refractivity contribution < 1.29 is 19.0 Å². The van der Waals surface area contributed by atoms with E-state index in [2.05, 4.69) is 10.3 Å². The third kappa shape index (κ3) is 4.22. The van der Waals surface area contributed by atoms with Gasteiger partial charge in [-0.15, -0.1) is 0 Å². The minimum absolute atomic E-state index is 0.134. The van der Waals surface area contributed by atoms with Gasteiger partial charge < -0.3 is 15.2 Å². The number of esters is 1. The highest BCUT2D eigenvalue weighted by Gasteiger charge is 2.23. The molecule has 150 valence electrons. The Hall–Kier alpha value is -2.99. The first-order chi connectivity index (χ1) is 14.0. The Morgan fingerprint density at radius 1 is 1.21 bits per heavy atom. The van der Waals surface area contributed by atoms with Crippen molar-refractivity contribution in [2.24, 2.45) is 0 Å². The van der Waals surface area contributed by atoms with Gasteiger partial charge in [-0.3, -0.25) is 4.98 Å². The molecule has 5 nitrogen and oxygen atoms in total. The molecule has 1 aliphatic rings. The molecule has 0 amide bonds. The van der Waals surface area contributed by atoms with Gasteiger partial charge in [-0.25, -0.2) is 9.18 Å². The Morgan fingerprint density at radius 3 is 2.66 bits per heavy atom. The second kappa shape index (κ2) is 8.17. The van der Waals surface area contributed by atoms with Crippen LogP contribution in [-0.4, -0.2) is 35.3 Å². The summed E-state index contributed by atoms with van der Waals surface area (Å²) in [6, 6.07) is 9.95. The smallest absolute Gasteiger partial charge is 0.342 e. The molecule has 3 aromatic rings. The fourth-order valence-corrected chi connectivity index (χ4v) is 3.71. The zero-order chi connectivity index (χ0) is 20.4. The van der Waals surface area contributed by atoms with Crippen LogP contribution in [0.2, 0.25) is 0 Å². The van der Waals surface area contributed by atoms with Crippen molar-refractivity contribution in [3.05, 3.63) is 70.7 Å². The average Bonchev–Trinajstić information content (AvgIpc) is 2.73. The fourth-order valence-electron chi connectivity index (χ4n) is 3.71. The zero-order valence-electron chi connectivity index (χ0n) is 16.2. The van der Waals surface area contributed by atoms with Gasteiger partial charge in [0.25, 0.3) is 0 Å². The number of hydrogen-bond acceptors (Lipinski definition) is 5. The van der Waals surface area contributed by atoms with Gasteiger partial charge in [-0.05, 0) is 80.2 Å². The van der Waals surface area contributed by atoms with Crippen molar-refractivity contribution >= 4 is 16.9 Å². The van der Waals surface area contributed by atoms with Crippen LogP contribution in [0.15, 0.2) is 42.6 Å². The van der Waals surface area contributed by atoms with E-state index in [1.54, 1.807) is 24.4 Å². The molecular formula is C23H23FN2O3. The van der Waals surface area contributed by atoms with E-state index in [1.165, 1.54) is 12.1 Å². The number of carbonyl (C=O) groups is 1. The second-order valence-electron chi connectivity index (χ2n) is 7.49. The molecule has 4 rings (SSSR count). The van der Waals surface area contributed by atoms with Crippen LogP contribution < -0.4 is 5.32 Å². The maximum absolute atomic E-state index is 13.1. The summed E-state index contributed by atoms with van der Waals surface area (Å²) in [6.07, 6.45) is 3.68. The number of pyridine rings is 1. The van der Waals surface area contributed by atoms with Crippen molar-refractivity contribution in [1.29, 1.82) is 0 Å². The van der Waals surface area contributed by atoms with Gasteiger partial charge >= 0.3 is 5.97 Å². The number of benzene rings is 2. The Labute approximate surface area is 168 Å². The molecule has 0 atom stereocenters. The molecule has 2 aromatic carbocycles. The summed E-state index contributed by atoms with van der Waals surface area (Å²) in [5.74, 6) is -0.940. The molecule has 0 radical (unpaired) electrons. The lowest BCUT2D eigenvalue weighted by Crippen LogP contribution is -2.33. The van der Waals surface area contributed by atoms with Crippen molar-refractivity contribution in [2.45, 2.75) is 32.3 Å². The maximum Gasteiger partial charge on any atom is 0.342 e. The largest absolute Gasteiger partial charge is 0.505 e. The van der Waals surface area contributed by atoms with Crippen LogP contribution in [0.4, 0.5) is 4.39 Å². The number of phenols is 1. The number of rotatable bonds is 4. The number of aromatic hydroxyl groups is 1. The third-order valence-electron chi connectivity index (χ3n) is 5.31. The lowest BCUT2D eigenvalue weighted by atomic mass is 10.00. The fraction of sp³-hybridized carbons (Fsp3) is 0.304. The Morgan fingerprint density at radius 2 is 1.93 bits per heavy atom. The zero-order valence-corrected chi connectivity index (χ0v) is 16.2. The van der Waals surface area contributed by atoms with Crippen LogP contribution in [0.3, 0.4) is 0 Å². The van der Waals surface area contributed by atoms with Gasteiger partial charge in [0.2, 0.25) is 0 Å². The van der Waals surface area contributed by atoms with E-state index in [1.807, 2.05) is 13.0 Å². The summed E-state index contributed by atoms with van der Waals surface area (Å²) in [6.45, 7) is 3.52. The van der Waals surface area contributed by atoms with E-state index in [0.29, 0.717) is 11.9 Å². The summed E-state index contributed by atoms with van der Waals surface area (Å²) in [5.41, 5.74) is 3.27. The molecule has 0 unspecified atom stereocenters. The lowest BCUT2D eigenvalue weighted by molar-refractivity contribution is 0.0227. The van der Waals surface area contributed by atoms with E-state index in [0.717, 1.165) is 48.0 Å². The molecule has 1 fully saturated rings. The first-order valence-corrected chi connectivity index (χ1v) is 9.78. The minimum Gasteiger partial charge on any atom is -0.505 e. The molecule has 2 heterocycles. The molecule has 0 bridgehead atoms. The molecule has 0 saturated carbocycles. The highest BCUT2D eigenvalue weighted by atomic mass is 19.1. The summed E-state index contributed by atoms with van der Waals surface area (Å²) >= 11 is 0. The number of nitrogens with zero attached hydrogens (tertiary/aromatic N) is 1. The number of fused-ring (bicyclic) bond motifs is 1. The van der Waals surface area contributed by atoms with Gasteiger partial charge in [-0.2, -0.15) is 0 Å². The standard InChI is InChI=1S/C23H23FN2O3/c1-14-10-20(23(28)29-18-6-8-25-9-7-18)22(27)21-19(14)12-16(13-26-21)11-15-2-4-17(24)5-3-15/h2-5,10,12-13,18,25,27H,6-9,11H2,1H3. The van der Waals surface area contributed by atoms with Gasteiger partial charge in [0.15, 0.2) is 5.75 Å². The Bertz CT molecular complexity index is 1040. The SMILES string of the molecule is Cc1cc(C(=O)OC2CCNCC2)c(O)c2ncc(Cc3ccc(F)cc3)cc12. The van der Waals surface area contributed by atoms with Crippen molar-refractivity contribution in [2.75, 3.05) is 13.1 Å². The van der Waals surface area contributed by atoms with Gasteiger partial charge in [0.05, 0.1) is 0 Å². The van der Waals surface area contributed by atoms with Crippen LogP contribution in [0, 0.1) is 12.7 Å². The van der Waals surface area contributed by atoms with E-state index in [4.69, 9.17) is 4.74 Å². The minimum atomic E-state index is -0.517. The molecule has 1 aliphatic heterocycles. The van der Waals surface area contributed by atoms with Crippen LogP contribution in [0.1, 0.15) is 39.9 Å². The van der Waals surface area contributed by atoms with Crippen molar-refractivity contribution in [1.82, 2.24) is 10.3 Å². The Kier molecular flexibility index (Phi) is 5.45. The number of nitrogens with one attached hydrogen (secondary N) is 1. The highest BCUT2D eigenvalue weighted by Crippen LogP contribution is 2.32. The topological polar surface area (TPSA) is 71.5 Å². The van der Waals surface area contributed by atoms with E-state index >= 15 is 0 Å². The normalized spacial score (nSPS) is 14.8. The molecule has 2 N–H and O–H groups in total. The number of phenolic OH excluding ortho intramolecular Hbond substituents is 1. The van der Waals surface area contributed by atoms with Crippen LogP contribution in [-0.2, 0) is 11.2 Å². The number of ether oxygens (including phenoxy) is 1. The molecule has 29 heavy (non-hydrogen) atoms. The second-order valence-corrected chi connectivity index (χ2v) is 7.49. The van der Waals surface area contributed by atoms with E-state index in [9.17, 15) is 14.3 Å². The maximum atomic E-state index is 13.1. The quantitative estimate of drug-likeness (QED) is 0.657. The molecule has 6 heteroatoms. The van der Waals surface area contributed by atoms with Crippen LogP contribution in [0.5, 0.6) is 5.75 Å². The predicted molar refractivity (Wildman–Crippen MR) is 109 cm³/mol. The first-order valence-electron chi connectivity index (χ1n) is 9.78. The molecule has 1 saturated heterocycles. The van der Waals surface area contributed by atoms with Crippen LogP contribution >= 0.6 is 0 Å². The van der Waals surface area contributed by atoms with E-state index < -0.39 is 5.97 Å². The van der Waals surface area contributed by atoms with Gasteiger partial charge in [0.1, 0.15) is 23.0 Å². The summed E-state index contributed by atoms with van der Waals surface area (Å²) in [4.78, 5) is 17.0. The Balaban J connectivity index is 1.61. The summed E-state index contributed by atoms with van der Waals surface area (Å²) < 4.78 is 18.7. The summed E-state index contributed by atoms with van der Waals surface area (Å²) in [5, 5.41) is 14.7. The highest BCUT2D eigenvalue weighted by molar-refractivity contribution is 6.01. The van der Waals surface area contributed by atoms with Crippen LogP contribution in [0.25, 0.3) is 10.9 Å². The molecular weight excluding hydrogens is 371 g/mol. The molecule has 0 spiro atoms. The number of aromatic nitrogens is 1. The van der Waals surface area contributed by atoms with Gasteiger partial charge in [0, 0.05) is 11.6 Å². The number of carbonyl (C=O) groups excluding carboxylic acids is 1. The molecule has 1 aromatic heterocycles. The third-order valence-corrected chi connectivity index (χ3v) is 5.31.